The van der Waals surface area contributed by atoms with Crippen molar-refractivity contribution in [1.29, 1.82) is 0 Å². The molecule has 0 saturated carbocycles. The van der Waals surface area contributed by atoms with Gasteiger partial charge in [0.2, 0.25) is 0 Å². The fraction of sp³-hybridized carbons (Fsp3) is 0.115. The molecule has 2 amide bonds. The Morgan fingerprint density at radius 2 is 1.62 bits per heavy atom. The molecule has 0 atom stereocenters. The van der Waals surface area contributed by atoms with Crippen LogP contribution in [0.3, 0.4) is 0 Å². The first-order valence-electron chi connectivity index (χ1n) is 10.7. The minimum absolute atomic E-state index is 0.0486. The second-order valence-electron chi connectivity index (χ2n) is 8.05. The molecule has 0 saturated heterocycles. The topological polar surface area (TPSA) is 87.3 Å². The Morgan fingerprint density at radius 3 is 2.32 bits per heavy atom. The summed E-state index contributed by atoms with van der Waals surface area (Å²) in [5.41, 5.74) is 4.24. The summed E-state index contributed by atoms with van der Waals surface area (Å²) in [6.07, 6.45) is 0. The first kappa shape index (κ1) is 23.5. The van der Waals surface area contributed by atoms with E-state index in [0.29, 0.717) is 23.0 Å². The molecule has 0 bridgehead atoms. The van der Waals surface area contributed by atoms with Crippen LogP contribution in [0.5, 0.6) is 0 Å². The quantitative estimate of drug-likeness (QED) is 0.260. The molecule has 34 heavy (non-hydrogen) atoms. The van der Waals surface area contributed by atoms with Crippen molar-refractivity contribution in [2.75, 3.05) is 15.4 Å². The van der Waals surface area contributed by atoms with Gasteiger partial charge in [-0.15, -0.1) is 0 Å². The summed E-state index contributed by atoms with van der Waals surface area (Å²) in [5.74, 6) is 0.328. The molecule has 0 fully saturated rings. The predicted molar refractivity (Wildman–Crippen MR) is 140 cm³/mol. The van der Waals surface area contributed by atoms with Crippen molar-refractivity contribution in [2.24, 2.45) is 0 Å². The second kappa shape index (κ2) is 10.1. The summed E-state index contributed by atoms with van der Waals surface area (Å²) in [7, 11) is -3.85. The lowest BCUT2D eigenvalue weighted by atomic mass is 10.0. The van der Waals surface area contributed by atoms with Crippen LogP contribution in [0.1, 0.15) is 25.3 Å². The number of hydrogen-bond acceptors (Lipinski definition) is 4. The lowest BCUT2D eigenvalue weighted by Crippen LogP contribution is -2.20. The highest BCUT2D eigenvalue weighted by molar-refractivity contribution is 7.92. The largest absolute Gasteiger partial charge is 0.323 e. The summed E-state index contributed by atoms with van der Waals surface area (Å²) in [4.78, 5) is 12.9. The third kappa shape index (κ3) is 5.65. The van der Waals surface area contributed by atoms with Crippen molar-refractivity contribution in [3.8, 4) is 11.1 Å². The van der Waals surface area contributed by atoms with E-state index in [0.717, 1.165) is 16.7 Å². The van der Waals surface area contributed by atoms with Crippen molar-refractivity contribution < 1.29 is 13.2 Å². The Kier molecular flexibility index (Phi) is 7.00. The van der Waals surface area contributed by atoms with Crippen LogP contribution in [0.15, 0.2) is 94.5 Å². The van der Waals surface area contributed by atoms with Crippen LogP contribution < -0.4 is 15.4 Å². The molecule has 1 aromatic heterocycles. The maximum atomic E-state index is 13.0. The number of amides is 2. The predicted octanol–water partition coefficient (Wildman–Crippen LogP) is 6.98. The summed E-state index contributed by atoms with van der Waals surface area (Å²) in [6.45, 7) is 4.17. The molecule has 0 aliphatic heterocycles. The normalized spacial score (nSPS) is 11.3. The average molecular weight is 492 g/mol. The molecule has 0 spiro atoms. The van der Waals surface area contributed by atoms with E-state index >= 15 is 0 Å². The molecular formula is C26H25N3O3S2. The zero-order chi connectivity index (χ0) is 24.1. The first-order valence-corrected chi connectivity index (χ1v) is 13.2. The van der Waals surface area contributed by atoms with Gasteiger partial charge in [0.05, 0.1) is 10.6 Å². The number of benzene rings is 3. The van der Waals surface area contributed by atoms with Crippen LogP contribution in [0, 0.1) is 0 Å². The Balaban J connectivity index is 1.63. The number of anilines is 3. The van der Waals surface area contributed by atoms with Gasteiger partial charge in [-0.05, 0) is 70.3 Å². The monoisotopic (exact) mass is 491 g/mol. The minimum Gasteiger partial charge on any atom is -0.308 e. The molecule has 0 aliphatic carbocycles. The molecular weight excluding hydrogens is 466 g/mol. The van der Waals surface area contributed by atoms with Gasteiger partial charge in [0.1, 0.15) is 0 Å². The van der Waals surface area contributed by atoms with E-state index in [9.17, 15) is 13.2 Å². The van der Waals surface area contributed by atoms with Gasteiger partial charge in [-0.25, -0.2) is 13.2 Å². The van der Waals surface area contributed by atoms with E-state index in [2.05, 4.69) is 29.2 Å². The van der Waals surface area contributed by atoms with Crippen molar-refractivity contribution in [1.82, 2.24) is 0 Å². The van der Waals surface area contributed by atoms with E-state index in [-0.39, 0.29) is 4.90 Å². The molecule has 6 nitrogen and oxygen atoms in total. The van der Waals surface area contributed by atoms with Crippen LogP contribution in [0.25, 0.3) is 11.1 Å². The van der Waals surface area contributed by atoms with E-state index in [1.54, 1.807) is 30.3 Å². The summed E-state index contributed by atoms with van der Waals surface area (Å²) in [5, 5.41) is 9.55. The third-order valence-electron chi connectivity index (χ3n) is 5.22. The van der Waals surface area contributed by atoms with Gasteiger partial charge in [-0.1, -0.05) is 50.2 Å². The van der Waals surface area contributed by atoms with Gasteiger partial charge < -0.3 is 10.6 Å². The summed E-state index contributed by atoms with van der Waals surface area (Å²) in [6, 6.07) is 22.5. The molecule has 3 aromatic carbocycles. The number of sulfonamides is 1. The van der Waals surface area contributed by atoms with Gasteiger partial charge >= 0.3 is 6.03 Å². The van der Waals surface area contributed by atoms with Gasteiger partial charge in [0.25, 0.3) is 10.0 Å². The highest BCUT2D eigenvalue weighted by Crippen LogP contribution is 2.32. The van der Waals surface area contributed by atoms with E-state index < -0.39 is 16.1 Å². The number of rotatable bonds is 7. The Hall–Kier alpha value is -3.62. The Labute approximate surface area is 203 Å². The van der Waals surface area contributed by atoms with Crippen molar-refractivity contribution in [3.63, 3.8) is 0 Å². The Morgan fingerprint density at radius 1 is 0.853 bits per heavy atom. The molecule has 4 aromatic rings. The molecule has 0 unspecified atom stereocenters. The van der Waals surface area contributed by atoms with Crippen molar-refractivity contribution >= 4 is 44.5 Å². The van der Waals surface area contributed by atoms with Crippen molar-refractivity contribution in [2.45, 2.75) is 24.7 Å². The molecule has 3 N–H and O–H groups in total. The second-order valence-corrected chi connectivity index (χ2v) is 10.5. The summed E-state index contributed by atoms with van der Waals surface area (Å²) >= 11 is 1.52. The van der Waals surface area contributed by atoms with Crippen LogP contribution in [-0.4, -0.2) is 14.4 Å². The van der Waals surface area contributed by atoms with Crippen LogP contribution in [0.2, 0.25) is 0 Å². The van der Waals surface area contributed by atoms with E-state index in [1.165, 1.54) is 23.5 Å². The number of hydrogen-bond donors (Lipinski definition) is 3. The average Bonchev–Trinajstić information content (AvgIpc) is 3.34. The smallest absolute Gasteiger partial charge is 0.308 e. The number of urea groups is 1. The van der Waals surface area contributed by atoms with Gasteiger partial charge in [-0.2, -0.15) is 11.3 Å². The highest BCUT2D eigenvalue weighted by Gasteiger charge is 2.18. The number of carbonyl (C=O) groups excluding carboxylic acids is 1. The lowest BCUT2D eigenvalue weighted by Gasteiger charge is -2.15. The highest BCUT2D eigenvalue weighted by atomic mass is 32.2. The van der Waals surface area contributed by atoms with Gasteiger partial charge in [0.15, 0.2) is 0 Å². The lowest BCUT2D eigenvalue weighted by molar-refractivity contribution is 0.262. The fourth-order valence-electron chi connectivity index (χ4n) is 3.44. The standard InChI is InChI=1S/C26H25N3O3S2/c1-18(2)19-7-6-10-22(15-19)27-26(30)28-25-16-23(11-12-24(25)20-13-14-33-17-20)34(31,32)29-21-8-4-3-5-9-21/h3-18,29H,1-2H3,(H2,27,28,30). The van der Waals surface area contributed by atoms with E-state index in [1.807, 2.05) is 47.2 Å². The number of nitrogens with one attached hydrogen (secondary N) is 3. The van der Waals surface area contributed by atoms with Crippen LogP contribution in [0.4, 0.5) is 21.9 Å². The molecule has 174 valence electrons. The zero-order valence-corrected chi connectivity index (χ0v) is 20.4. The third-order valence-corrected chi connectivity index (χ3v) is 7.28. The maximum absolute atomic E-state index is 13.0. The number of para-hydroxylation sites is 1. The molecule has 0 radical (unpaired) electrons. The van der Waals surface area contributed by atoms with E-state index in [4.69, 9.17) is 0 Å². The fourth-order valence-corrected chi connectivity index (χ4v) is 5.18. The molecule has 8 heteroatoms. The Bertz CT molecular complexity index is 1380. The zero-order valence-electron chi connectivity index (χ0n) is 18.8. The number of carbonyl (C=O) groups is 1. The van der Waals surface area contributed by atoms with Gasteiger partial charge in [-0.3, -0.25) is 4.72 Å². The molecule has 4 rings (SSSR count). The van der Waals surface area contributed by atoms with Crippen molar-refractivity contribution in [3.05, 3.63) is 95.2 Å². The summed E-state index contributed by atoms with van der Waals surface area (Å²) < 4.78 is 28.6. The SMILES string of the molecule is CC(C)c1cccc(NC(=O)Nc2cc(S(=O)(=O)Nc3ccccc3)ccc2-c2ccsc2)c1. The molecule has 0 aliphatic rings. The molecule has 1 heterocycles. The van der Waals surface area contributed by atoms with Crippen LogP contribution in [-0.2, 0) is 10.0 Å². The number of thiophene rings is 1. The van der Waals surface area contributed by atoms with Crippen LogP contribution >= 0.6 is 11.3 Å². The minimum atomic E-state index is -3.85. The maximum Gasteiger partial charge on any atom is 0.323 e. The van der Waals surface area contributed by atoms with Gasteiger partial charge in [0, 0.05) is 16.9 Å². The first-order chi connectivity index (χ1) is 16.3.